The Hall–Kier alpha value is -2.96. The number of pyridine rings is 1. The van der Waals surface area contributed by atoms with Gasteiger partial charge in [0.1, 0.15) is 17.6 Å². The molecule has 0 saturated carbocycles. The second-order valence-electron chi connectivity index (χ2n) is 6.63. The lowest BCUT2D eigenvalue weighted by Gasteiger charge is -2.23. The van der Waals surface area contributed by atoms with E-state index in [0.29, 0.717) is 12.3 Å². The van der Waals surface area contributed by atoms with Crippen LogP contribution in [0.25, 0.3) is 11.3 Å². The average molecular weight is 353 g/mol. The van der Waals surface area contributed by atoms with Crippen LogP contribution in [0.15, 0.2) is 47.5 Å². The first-order valence-electron chi connectivity index (χ1n) is 8.61. The van der Waals surface area contributed by atoms with Crippen molar-refractivity contribution in [1.29, 1.82) is 0 Å². The van der Waals surface area contributed by atoms with Gasteiger partial charge in [-0.25, -0.2) is 4.98 Å². The molecule has 3 aromatic heterocycles. The number of imidazole rings is 1. The van der Waals surface area contributed by atoms with Gasteiger partial charge in [-0.2, -0.15) is 0 Å². The highest BCUT2D eigenvalue weighted by Crippen LogP contribution is 2.21. The third-order valence-corrected chi connectivity index (χ3v) is 4.29. The number of nitrogens with zero attached hydrogens (tertiary/aromatic N) is 5. The Balaban J connectivity index is 1.70. The standard InChI is InChI=1S/C19H23N5O2/c1-13(2)18-21-9-10-24(18)14(3)19(25)23(4)12-16-11-17(22-26-16)15-5-7-20-8-6-15/h5-11,13-14H,12H2,1-4H3/t14-/m1/s1. The van der Waals surface area contributed by atoms with E-state index in [-0.39, 0.29) is 17.9 Å². The average Bonchev–Trinajstić information content (AvgIpc) is 3.30. The second-order valence-corrected chi connectivity index (χ2v) is 6.63. The van der Waals surface area contributed by atoms with Crippen LogP contribution >= 0.6 is 0 Å². The molecule has 0 bridgehead atoms. The maximum atomic E-state index is 12.8. The fraction of sp³-hybridized carbons (Fsp3) is 0.368. The molecule has 3 rings (SSSR count). The first-order valence-corrected chi connectivity index (χ1v) is 8.61. The van der Waals surface area contributed by atoms with Gasteiger partial charge < -0.3 is 14.0 Å². The topological polar surface area (TPSA) is 77.1 Å². The second kappa shape index (κ2) is 7.51. The van der Waals surface area contributed by atoms with Gasteiger partial charge in [-0.1, -0.05) is 19.0 Å². The fourth-order valence-corrected chi connectivity index (χ4v) is 2.90. The van der Waals surface area contributed by atoms with Crippen molar-refractivity contribution in [2.24, 2.45) is 0 Å². The Labute approximate surface area is 152 Å². The van der Waals surface area contributed by atoms with E-state index in [0.717, 1.165) is 17.1 Å². The van der Waals surface area contributed by atoms with E-state index in [2.05, 4.69) is 29.0 Å². The maximum absolute atomic E-state index is 12.8. The summed E-state index contributed by atoms with van der Waals surface area (Å²) in [6, 6.07) is 5.25. The lowest BCUT2D eigenvalue weighted by molar-refractivity contribution is -0.133. The van der Waals surface area contributed by atoms with Crippen LogP contribution in [0, 0.1) is 0 Å². The lowest BCUT2D eigenvalue weighted by Crippen LogP contribution is -2.33. The van der Waals surface area contributed by atoms with Gasteiger partial charge in [0.2, 0.25) is 5.91 Å². The number of rotatable bonds is 6. The molecule has 136 valence electrons. The number of carbonyl (C=O) groups is 1. The number of likely N-dealkylation sites (N-methyl/N-ethyl adjacent to an activating group) is 1. The fourth-order valence-electron chi connectivity index (χ4n) is 2.90. The molecule has 0 aliphatic rings. The molecule has 0 aromatic carbocycles. The highest BCUT2D eigenvalue weighted by molar-refractivity contribution is 5.79. The van der Waals surface area contributed by atoms with E-state index in [1.165, 1.54) is 0 Å². The minimum atomic E-state index is -0.331. The molecule has 0 aliphatic heterocycles. The van der Waals surface area contributed by atoms with E-state index in [1.54, 1.807) is 30.5 Å². The zero-order chi connectivity index (χ0) is 18.7. The molecule has 3 aromatic rings. The van der Waals surface area contributed by atoms with E-state index >= 15 is 0 Å². The van der Waals surface area contributed by atoms with Crippen LogP contribution in [0.4, 0.5) is 0 Å². The van der Waals surface area contributed by atoms with Crippen molar-refractivity contribution in [3.63, 3.8) is 0 Å². The maximum Gasteiger partial charge on any atom is 0.245 e. The molecular formula is C19H23N5O2. The summed E-state index contributed by atoms with van der Waals surface area (Å²) < 4.78 is 7.31. The van der Waals surface area contributed by atoms with Crippen LogP contribution in [0.5, 0.6) is 0 Å². The SMILES string of the molecule is CC(C)c1nccn1[C@H](C)C(=O)N(C)Cc1cc(-c2ccncc2)no1. The van der Waals surface area contributed by atoms with Gasteiger partial charge in [-0.05, 0) is 19.1 Å². The summed E-state index contributed by atoms with van der Waals surface area (Å²) in [5, 5.41) is 4.07. The summed E-state index contributed by atoms with van der Waals surface area (Å²) in [4.78, 5) is 22.8. The molecule has 1 atom stereocenters. The normalized spacial score (nSPS) is 12.3. The predicted molar refractivity (Wildman–Crippen MR) is 97.2 cm³/mol. The molecule has 0 radical (unpaired) electrons. The quantitative estimate of drug-likeness (QED) is 0.680. The molecule has 0 aliphatic carbocycles. The highest BCUT2D eigenvalue weighted by Gasteiger charge is 2.23. The Morgan fingerprint density at radius 1 is 1.23 bits per heavy atom. The molecule has 26 heavy (non-hydrogen) atoms. The van der Waals surface area contributed by atoms with Crippen molar-refractivity contribution < 1.29 is 9.32 Å². The molecule has 0 spiro atoms. The molecule has 1 amide bonds. The molecular weight excluding hydrogens is 330 g/mol. The minimum Gasteiger partial charge on any atom is -0.359 e. The Bertz CT molecular complexity index is 869. The highest BCUT2D eigenvalue weighted by atomic mass is 16.5. The summed E-state index contributed by atoms with van der Waals surface area (Å²) >= 11 is 0. The predicted octanol–water partition coefficient (Wildman–Crippen LogP) is 3.28. The van der Waals surface area contributed by atoms with Crippen LogP contribution in [0.3, 0.4) is 0 Å². The molecule has 0 fully saturated rings. The van der Waals surface area contributed by atoms with Crippen LogP contribution in [-0.2, 0) is 11.3 Å². The smallest absolute Gasteiger partial charge is 0.245 e. The van der Waals surface area contributed by atoms with Crippen LogP contribution < -0.4 is 0 Å². The molecule has 0 saturated heterocycles. The summed E-state index contributed by atoms with van der Waals surface area (Å²) in [5.41, 5.74) is 1.66. The van der Waals surface area contributed by atoms with Crippen LogP contribution in [-0.4, -0.2) is 37.5 Å². The third-order valence-electron chi connectivity index (χ3n) is 4.29. The van der Waals surface area contributed by atoms with Crippen molar-refractivity contribution in [3.8, 4) is 11.3 Å². The molecule has 3 heterocycles. The van der Waals surface area contributed by atoms with E-state index < -0.39 is 0 Å². The Kier molecular flexibility index (Phi) is 5.16. The first-order chi connectivity index (χ1) is 12.5. The van der Waals surface area contributed by atoms with Gasteiger partial charge in [0, 0.05) is 49.4 Å². The molecule has 7 nitrogen and oxygen atoms in total. The largest absolute Gasteiger partial charge is 0.359 e. The van der Waals surface area contributed by atoms with Crippen molar-refractivity contribution in [1.82, 2.24) is 24.6 Å². The minimum absolute atomic E-state index is 0.00763. The zero-order valence-corrected chi connectivity index (χ0v) is 15.5. The van der Waals surface area contributed by atoms with Gasteiger partial charge in [0.05, 0.1) is 6.54 Å². The van der Waals surface area contributed by atoms with Crippen molar-refractivity contribution in [2.45, 2.75) is 39.3 Å². The van der Waals surface area contributed by atoms with Crippen molar-refractivity contribution in [2.75, 3.05) is 7.05 Å². The lowest BCUT2D eigenvalue weighted by atomic mass is 10.2. The van der Waals surface area contributed by atoms with Gasteiger partial charge in [0.25, 0.3) is 0 Å². The number of hydrogen-bond acceptors (Lipinski definition) is 5. The van der Waals surface area contributed by atoms with Gasteiger partial charge in [-0.3, -0.25) is 9.78 Å². The third kappa shape index (κ3) is 3.66. The van der Waals surface area contributed by atoms with Crippen molar-refractivity contribution >= 4 is 5.91 Å². The molecule has 0 unspecified atom stereocenters. The first kappa shape index (κ1) is 17.8. The van der Waals surface area contributed by atoms with Gasteiger partial charge in [-0.15, -0.1) is 0 Å². The molecule has 7 heteroatoms. The van der Waals surface area contributed by atoms with Gasteiger partial charge >= 0.3 is 0 Å². The number of carbonyl (C=O) groups excluding carboxylic acids is 1. The monoisotopic (exact) mass is 353 g/mol. The van der Waals surface area contributed by atoms with Crippen molar-refractivity contribution in [3.05, 3.63) is 54.6 Å². The number of aromatic nitrogens is 4. The summed E-state index contributed by atoms with van der Waals surface area (Å²) in [7, 11) is 1.76. The van der Waals surface area contributed by atoms with Crippen LogP contribution in [0.1, 0.15) is 44.3 Å². The summed E-state index contributed by atoms with van der Waals surface area (Å²) in [6.07, 6.45) is 7.00. The number of hydrogen-bond donors (Lipinski definition) is 0. The van der Waals surface area contributed by atoms with E-state index in [9.17, 15) is 4.79 Å². The Morgan fingerprint density at radius 3 is 2.65 bits per heavy atom. The van der Waals surface area contributed by atoms with Crippen LogP contribution in [0.2, 0.25) is 0 Å². The summed E-state index contributed by atoms with van der Waals surface area (Å²) in [5.74, 6) is 1.78. The van der Waals surface area contributed by atoms with E-state index in [1.807, 2.05) is 35.9 Å². The van der Waals surface area contributed by atoms with Gasteiger partial charge in [0.15, 0.2) is 5.76 Å². The zero-order valence-electron chi connectivity index (χ0n) is 15.5. The van der Waals surface area contributed by atoms with E-state index in [4.69, 9.17) is 4.52 Å². The Morgan fingerprint density at radius 2 is 1.96 bits per heavy atom. The summed E-state index contributed by atoms with van der Waals surface area (Å²) in [6.45, 7) is 6.37. The molecule has 0 N–H and O–H groups in total. The number of amides is 1.